The summed E-state index contributed by atoms with van der Waals surface area (Å²) in [5.41, 5.74) is 0. The lowest BCUT2D eigenvalue weighted by atomic mass is 10.3. The first-order valence-electron chi connectivity index (χ1n) is 4.16. The minimum Gasteiger partial charge on any atom is -0.391 e. The number of hydrogen-bond donors (Lipinski definition) is 1. The van der Waals surface area contributed by atoms with Gasteiger partial charge in [0.15, 0.2) is 0 Å². The summed E-state index contributed by atoms with van der Waals surface area (Å²) in [6, 6.07) is 7.94. The molecule has 1 rings (SSSR count). The summed E-state index contributed by atoms with van der Waals surface area (Å²) in [5.74, 6) is 0.186. The molecule has 14 heavy (non-hydrogen) atoms. The monoisotopic (exact) mass is 211 g/mol. The summed E-state index contributed by atoms with van der Waals surface area (Å²) in [4.78, 5) is 0.892. The topological polar surface area (TPSA) is 44.0 Å². The van der Waals surface area contributed by atoms with Crippen LogP contribution in [0.15, 0.2) is 29.2 Å². The Morgan fingerprint density at radius 1 is 1.43 bits per heavy atom. The summed E-state index contributed by atoms with van der Waals surface area (Å²) >= 11 is 1.41. The van der Waals surface area contributed by atoms with Crippen LogP contribution in [0.3, 0.4) is 0 Å². The van der Waals surface area contributed by atoms with E-state index in [-0.39, 0.29) is 12.2 Å². The molecular formula is C10H10FNOS. The number of nitrogens with zero attached hydrogens (tertiary/aromatic N) is 1. The van der Waals surface area contributed by atoms with Crippen molar-refractivity contribution in [1.29, 1.82) is 5.26 Å². The quantitative estimate of drug-likeness (QED) is 0.776. The van der Waals surface area contributed by atoms with E-state index in [1.54, 1.807) is 12.1 Å². The van der Waals surface area contributed by atoms with Gasteiger partial charge in [-0.05, 0) is 24.3 Å². The molecule has 1 aromatic carbocycles. The summed E-state index contributed by atoms with van der Waals surface area (Å²) < 4.78 is 12.5. The highest BCUT2D eigenvalue weighted by Gasteiger charge is 2.03. The molecule has 0 aromatic heterocycles. The number of nitriles is 1. The molecule has 0 amide bonds. The van der Waals surface area contributed by atoms with Gasteiger partial charge in [-0.25, -0.2) is 4.39 Å². The van der Waals surface area contributed by atoms with Gasteiger partial charge in [0, 0.05) is 10.6 Å². The first kappa shape index (κ1) is 11.0. The van der Waals surface area contributed by atoms with Crippen molar-refractivity contribution in [2.45, 2.75) is 17.4 Å². The van der Waals surface area contributed by atoms with Crippen molar-refractivity contribution < 1.29 is 9.50 Å². The number of hydrogen-bond acceptors (Lipinski definition) is 3. The Morgan fingerprint density at radius 3 is 2.64 bits per heavy atom. The molecule has 0 fully saturated rings. The predicted octanol–water partition coefficient (Wildman–Crippen LogP) is 2.19. The second kappa shape index (κ2) is 5.63. The molecule has 0 bridgehead atoms. The molecule has 74 valence electrons. The average Bonchev–Trinajstić information content (AvgIpc) is 2.17. The number of aliphatic hydroxyl groups is 1. The molecule has 0 aliphatic heterocycles. The van der Waals surface area contributed by atoms with Crippen molar-refractivity contribution in [3.05, 3.63) is 30.1 Å². The van der Waals surface area contributed by atoms with Crippen LogP contribution in [0.5, 0.6) is 0 Å². The van der Waals surface area contributed by atoms with Gasteiger partial charge in [0.1, 0.15) is 5.82 Å². The van der Waals surface area contributed by atoms with Crippen LogP contribution in [0.2, 0.25) is 0 Å². The Hall–Kier alpha value is -1.05. The number of thioether (sulfide) groups is 1. The fourth-order valence-electron chi connectivity index (χ4n) is 0.888. The second-order valence-corrected chi connectivity index (χ2v) is 3.87. The number of aliphatic hydroxyl groups excluding tert-OH is 1. The Kier molecular flexibility index (Phi) is 4.44. The van der Waals surface area contributed by atoms with Crippen LogP contribution in [0, 0.1) is 17.1 Å². The molecule has 0 aliphatic rings. The molecule has 0 heterocycles. The van der Waals surface area contributed by atoms with Crippen LogP contribution in [-0.2, 0) is 0 Å². The highest BCUT2D eigenvalue weighted by atomic mass is 32.2. The first-order valence-corrected chi connectivity index (χ1v) is 5.14. The number of rotatable bonds is 4. The van der Waals surface area contributed by atoms with E-state index in [9.17, 15) is 9.50 Å². The van der Waals surface area contributed by atoms with Crippen LogP contribution in [0.4, 0.5) is 4.39 Å². The van der Waals surface area contributed by atoms with Crippen molar-refractivity contribution >= 4 is 11.8 Å². The summed E-state index contributed by atoms with van der Waals surface area (Å²) in [6.07, 6.45) is -0.483. The zero-order valence-corrected chi connectivity index (χ0v) is 8.30. The molecule has 0 saturated heterocycles. The molecule has 0 spiro atoms. The fourth-order valence-corrected chi connectivity index (χ4v) is 1.72. The number of benzene rings is 1. The van der Waals surface area contributed by atoms with Gasteiger partial charge < -0.3 is 5.11 Å². The lowest BCUT2D eigenvalue weighted by Gasteiger charge is -2.05. The Morgan fingerprint density at radius 2 is 2.07 bits per heavy atom. The molecule has 4 heteroatoms. The average molecular weight is 211 g/mol. The van der Waals surface area contributed by atoms with Gasteiger partial charge in [-0.15, -0.1) is 11.8 Å². The maximum atomic E-state index is 12.5. The molecule has 1 aromatic rings. The SMILES string of the molecule is N#CCC(O)CSc1ccc(F)cc1. The minimum absolute atomic E-state index is 0.133. The van der Waals surface area contributed by atoms with Crippen LogP contribution in [0.1, 0.15) is 6.42 Å². The fraction of sp³-hybridized carbons (Fsp3) is 0.300. The van der Waals surface area contributed by atoms with Crippen molar-refractivity contribution in [2.75, 3.05) is 5.75 Å². The standard InChI is InChI=1S/C10H10FNOS/c11-8-1-3-10(4-2-8)14-7-9(13)5-6-12/h1-4,9,13H,5,7H2. The van der Waals surface area contributed by atoms with E-state index in [1.165, 1.54) is 23.9 Å². The van der Waals surface area contributed by atoms with E-state index in [1.807, 2.05) is 6.07 Å². The molecule has 0 saturated carbocycles. The van der Waals surface area contributed by atoms with E-state index in [2.05, 4.69) is 0 Å². The zero-order chi connectivity index (χ0) is 10.4. The van der Waals surface area contributed by atoms with E-state index < -0.39 is 6.10 Å². The Labute approximate surface area is 86.4 Å². The second-order valence-electron chi connectivity index (χ2n) is 2.78. The van der Waals surface area contributed by atoms with E-state index >= 15 is 0 Å². The summed E-state index contributed by atoms with van der Waals surface area (Å²) in [5, 5.41) is 17.5. The Balaban J connectivity index is 2.39. The van der Waals surface area contributed by atoms with E-state index in [4.69, 9.17) is 5.26 Å². The largest absolute Gasteiger partial charge is 0.391 e. The lowest BCUT2D eigenvalue weighted by Crippen LogP contribution is -2.07. The molecular weight excluding hydrogens is 201 g/mol. The molecule has 1 unspecified atom stereocenters. The Bertz CT molecular complexity index is 320. The van der Waals surface area contributed by atoms with Gasteiger partial charge in [0.2, 0.25) is 0 Å². The highest BCUT2D eigenvalue weighted by Crippen LogP contribution is 2.19. The van der Waals surface area contributed by atoms with Crippen molar-refractivity contribution in [2.24, 2.45) is 0 Å². The molecule has 1 atom stereocenters. The van der Waals surface area contributed by atoms with Crippen LogP contribution < -0.4 is 0 Å². The minimum atomic E-state index is -0.616. The predicted molar refractivity (Wildman–Crippen MR) is 53.4 cm³/mol. The van der Waals surface area contributed by atoms with Crippen LogP contribution in [-0.4, -0.2) is 17.0 Å². The number of halogens is 1. The summed E-state index contributed by atoms with van der Waals surface area (Å²) in [6.45, 7) is 0. The van der Waals surface area contributed by atoms with Gasteiger partial charge in [-0.3, -0.25) is 0 Å². The molecule has 0 aliphatic carbocycles. The normalized spacial score (nSPS) is 12.1. The van der Waals surface area contributed by atoms with Gasteiger partial charge in [0.25, 0.3) is 0 Å². The smallest absolute Gasteiger partial charge is 0.123 e. The zero-order valence-electron chi connectivity index (χ0n) is 7.48. The summed E-state index contributed by atoms with van der Waals surface area (Å²) in [7, 11) is 0. The molecule has 2 nitrogen and oxygen atoms in total. The first-order chi connectivity index (χ1) is 6.72. The van der Waals surface area contributed by atoms with Gasteiger partial charge >= 0.3 is 0 Å². The maximum Gasteiger partial charge on any atom is 0.123 e. The molecule has 0 radical (unpaired) electrons. The third-order valence-corrected chi connectivity index (χ3v) is 2.74. The van der Waals surface area contributed by atoms with Crippen LogP contribution >= 0.6 is 11.8 Å². The van der Waals surface area contributed by atoms with E-state index in [0.717, 1.165) is 4.90 Å². The van der Waals surface area contributed by atoms with Gasteiger partial charge in [0.05, 0.1) is 18.6 Å². The highest BCUT2D eigenvalue weighted by molar-refractivity contribution is 7.99. The van der Waals surface area contributed by atoms with E-state index in [0.29, 0.717) is 5.75 Å². The van der Waals surface area contributed by atoms with Crippen LogP contribution in [0.25, 0.3) is 0 Å². The third-order valence-electron chi connectivity index (χ3n) is 1.58. The maximum absolute atomic E-state index is 12.5. The van der Waals surface area contributed by atoms with Gasteiger partial charge in [-0.1, -0.05) is 0 Å². The van der Waals surface area contributed by atoms with Crippen molar-refractivity contribution in [1.82, 2.24) is 0 Å². The lowest BCUT2D eigenvalue weighted by molar-refractivity contribution is 0.205. The molecule has 1 N–H and O–H groups in total. The third kappa shape index (κ3) is 3.77. The van der Waals surface area contributed by atoms with Gasteiger partial charge in [-0.2, -0.15) is 5.26 Å². The van der Waals surface area contributed by atoms with Crippen molar-refractivity contribution in [3.8, 4) is 6.07 Å². The van der Waals surface area contributed by atoms with Crippen molar-refractivity contribution in [3.63, 3.8) is 0 Å².